The molecule has 2 heterocycles. The van der Waals surface area contributed by atoms with Crippen LogP contribution >= 0.6 is 11.3 Å². The molecular weight excluding hydrogens is 356 g/mol. The molecule has 0 bridgehead atoms. The summed E-state index contributed by atoms with van der Waals surface area (Å²) in [6.45, 7) is 4.99. The van der Waals surface area contributed by atoms with Crippen LogP contribution in [0.1, 0.15) is 25.0 Å². The largest absolute Gasteiger partial charge is 0.340 e. The van der Waals surface area contributed by atoms with Gasteiger partial charge in [0.1, 0.15) is 5.01 Å². The van der Waals surface area contributed by atoms with Gasteiger partial charge < -0.3 is 10.6 Å². The molecule has 144 valence electrons. The van der Waals surface area contributed by atoms with E-state index in [2.05, 4.69) is 27.3 Å². The molecule has 0 spiro atoms. The van der Waals surface area contributed by atoms with E-state index in [1.54, 1.807) is 11.3 Å². The van der Waals surface area contributed by atoms with Gasteiger partial charge in [0.05, 0.1) is 5.69 Å². The van der Waals surface area contributed by atoms with Gasteiger partial charge in [-0.25, -0.2) is 4.98 Å². The quantitative estimate of drug-likeness (QED) is 0.861. The standard InChI is InChI=1S/C21H28N4OS/c22-13-17-7-4-8-19(17)21(26)25-11-9-24(10-12-25)14-18-15-27-20(23-18)16-5-2-1-3-6-16/h1-3,5-6,15,17,19H,4,7-14,22H2/t17-,19-/m1/s1. The Bertz CT molecular complexity index is 755. The van der Waals surface area contributed by atoms with E-state index in [1.807, 2.05) is 18.2 Å². The zero-order chi connectivity index (χ0) is 18.6. The fraction of sp³-hybridized carbons (Fsp3) is 0.524. The summed E-state index contributed by atoms with van der Waals surface area (Å²) in [7, 11) is 0. The van der Waals surface area contributed by atoms with Crippen molar-refractivity contribution in [2.75, 3.05) is 32.7 Å². The van der Waals surface area contributed by atoms with Gasteiger partial charge in [0.15, 0.2) is 0 Å². The average Bonchev–Trinajstić information content (AvgIpc) is 3.38. The lowest BCUT2D eigenvalue weighted by molar-refractivity contribution is -0.138. The Kier molecular flexibility index (Phi) is 5.86. The van der Waals surface area contributed by atoms with Gasteiger partial charge >= 0.3 is 0 Å². The Balaban J connectivity index is 1.30. The van der Waals surface area contributed by atoms with Crippen molar-refractivity contribution in [3.05, 3.63) is 41.4 Å². The number of carbonyl (C=O) groups is 1. The minimum atomic E-state index is 0.161. The monoisotopic (exact) mass is 384 g/mol. The third-order valence-electron chi connectivity index (χ3n) is 5.92. The summed E-state index contributed by atoms with van der Waals surface area (Å²) in [6.07, 6.45) is 3.27. The molecule has 2 N–H and O–H groups in total. The summed E-state index contributed by atoms with van der Waals surface area (Å²) in [5, 5.41) is 3.23. The predicted octanol–water partition coefficient (Wildman–Crippen LogP) is 2.83. The van der Waals surface area contributed by atoms with Crippen molar-refractivity contribution in [1.82, 2.24) is 14.8 Å². The van der Waals surface area contributed by atoms with Crippen molar-refractivity contribution < 1.29 is 4.79 Å². The molecule has 6 heteroatoms. The van der Waals surface area contributed by atoms with E-state index in [-0.39, 0.29) is 5.92 Å². The second kappa shape index (κ2) is 8.50. The number of amides is 1. The maximum Gasteiger partial charge on any atom is 0.226 e. The first kappa shape index (κ1) is 18.6. The minimum absolute atomic E-state index is 0.161. The second-order valence-electron chi connectivity index (χ2n) is 7.64. The number of piperazine rings is 1. The Morgan fingerprint density at radius 1 is 1.15 bits per heavy atom. The SMILES string of the molecule is NC[C@H]1CCC[C@H]1C(=O)N1CCN(Cc2csc(-c3ccccc3)n2)CC1. The predicted molar refractivity (Wildman–Crippen MR) is 109 cm³/mol. The number of nitrogens with two attached hydrogens (primary N) is 1. The van der Waals surface area contributed by atoms with Crippen molar-refractivity contribution in [1.29, 1.82) is 0 Å². The van der Waals surface area contributed by atoms with Gasteiger partial charge in [0.25, 0.3) is 0 Å². The fourth-order valence-electron chi connectivity index (χ4n) is 4.33. The molecule has 2 aliphatic rings. The van der Waals surface area contributed by atoms with Gasteiger partial charge in [0.2, 0.25) is 5.91 Å². The molecule has 1 saturated carbocycles. The molecular formula is C21H28N4OS. The summed E-state index contributed by atoms with van der Waals surface area (Å²) >= 11 is 1.70. The van der Waals surface area contributed by atoms with Gasteiger partial charge in [-0.3, -0.25) is 9.69 Å². The smallest absolute Gasteiger partial charge is 0.226 e. The number of hydrogen-bond acceptors (Lipinski definition) is 5. The molecule has 4 rings (SSSR count). The van der Waals surface area contributed by atoms with E-state index in [4.69, 9.17) is 10.7 Å². The molecule has 27 heavy (non-hydrogen) atoms. The first-order valence-corrected chi connectivity index (χ1v) is 10.8. The van der Waals surface area contributed by atoms with Gasteiger partial charge in [-0.1, -0.05) is 36.8 Å². The van der Waals surface area contributed by atoms with E-state index < -0.39 is 0 Å². The third-order valence-corrected chi connectivity index (χ3v) is 6.86. The number of rotatable bonds is 5. The van der Waals surface area contributed by atoms with Crippen molar-refractivity contribution in [2.24, 2.45) is 17.6 Å². The van der Waals surface area contributed by atoms with Crippen LogP contribution in [0.4, 0.5) is 0 Å². The van der Waals surface area contributed by atoms with Crippen LogP contribution in [0.15, 0.2) is 35.7 Å². The van der Waals surface area contributed by atoms with Crippen molar-refractivity contribution in [2.45, 2.75) is 25.8 Å². The number of aromatic nitrogens is 1. The highest BCUT2D eigenvalue weighted by Crippen LogP contribution is 2.32. The molecule has 5 nitrogen and oxygen atoms in total. The number of nitrogens with zero attached hydrogens (tertiary/aromatic N) is 3. The van der Waals surface area contributed by atoms with Crippen LogP contribution in [0, 0.1) is 11.8 Å². The summed E-state index contributed by atoms with van der Waals surface area (Å²) in [4.78, 5) is 22.1. The van der Waals surface area contributed by atoms with Crippen LogP contribution in [0.3, 0.4) is 0 Å². The fourth-order valence-corrected chi connectivity index (χ4v) is 5.14. The molecule has 0 radical (unpaired) electrons. The van der Waals surface area contributed by atoms with Crippen LogP contribution in [0.2, 0.25) is 0 Å². The van der Waals surface area contributed by atoms with Crippen LogP contribution in [0.25, 0.3) is 10.6 Å². The molecule has 2 aromatic rings. The molecule has 1 saturated heterocycles. The Morgan fingerprint density at radius 3 is 2.67 bits per heavy atom. The second-order valence-corrected chi connectivity index (χ2v) is 8.50. The normalized spacial score (nSPS) is 23.7. The van der Waals surface area contributed by atoms with Crippen LogP contribution in [-0.2, 0) is 11.3 Å². The zero-order valence-corrected chi connectivity index (χ0v) is 16.5. The van der Waals surface area contributed by atoms with Gasteiger partial charge in [0, 0.05) is 49.6 Å². The molecule has 2 atom stereocenters. The van der Waals surface area contributed by atoms with Gasteiger partial charge in [-0.05, 0) is 25.3 Å². The third kappa shape index (κ3) is 4.23. The summed E-state index contributed by atoms with van der Waals surface area (Å²) < 4.78 is 0. The molecule has 1 aliphatic carbocycles. The lowest BCUT2D eigenvalue weighted by atomic mass is 9.94. The Hall–Kier alpha value is -1.76. The maximum atomic E-state index is 12.8. The molecule has 1 aromatic carbocycles. The van der Waals surface area contributed by atoms with Gasteiger partial charge in [-0.2, -0.15) is 0 Å². The minimum Gasteiger partial charge on any atom is -0.340 e. The highest BCUT2D eigenvalue weighted by Gasteiger charge is 2.35. The van der Waals surface area contributed by atoms with Crippen molar-refractivity contribution in [3.63, 3.8) is 0 Å². The summed E-state index contributed by atoms with van der Waals surface area (Å²) in [5.41, 5.74) is 8.16. The van der Waals surface area contributed by atoms with E-state index in [0.29, 0.717) is 18.4 Å². The highest BCUT2D eigenvalue weighted by molar-refractivity contribution is 7.13. The van der Waals surface area contributed by atoms with Crippen LogP contribution in [-0.4, -0.2) is 53.4 Å². The Labute approximate surface area is 165 Å². The van der Waals surface area contributed by atoms with Crippen LogP contribution in [0.5, 0.6) is 0 Å². The number of carbonyl (C=O) groups excluding carboxylic acids is 1. The van der Waals surface area contributed by atoms with E-state index >= 15 is 0 Å². The van der Waals surface area contributed by atoms with Gasteiger partial charge in [-0.15, -0.1) is 11.3 Å². The zero-order valence-electron chi connectivity index (χ0n) is 15.7. The summed E-state index contributed by atoms with van der Waals surface area (Å²) in [5.74, 6) is 0.887. The van der Waals surface area contributed by atoms with E-state index in [1.165, 1.54) is 5.56 Å². The van der Waals surface area contributed by atoms with E-state index in [0.717, 1.165) is 62.7 Å². The lowest BCUT2D eigenvalue weighted by Gasteiger charge is -2.36. The number of thiazole rings is 1. The molecule has 0 unspecified atom stereocenters. The number of hydrogen-bond donors (Lipinski definition) is 1. The maximum absolute atomic E-state index is 12.8. The van der Waals surface area contributed by atoms with E-state index in [9.17, 15) is 4.79 Å². The Morgan fingerprint density at radius 2 is 1.93 bits per heavy atom. The highest BCUT2D eigenvalue weighted by atomic mass is 32.1. The average molecular weight is 385 g/mol. The molecule has 2 fully saturated rings. The van der Waals surface area contributed by atoms with Crippen molar-refractivity contribution >= 4 is 17.2 Å². The summed E-state index contributed by atoms with van der Waals surface area (Å²) in [6, 6.07) is 10.3. The lowest BCUT2D eigenvalue weighted by Crippen LogP contribution is -2.50. The molecule has 1 amide bonds. The number of benzene rings is 1. The first-order valence-electron chi connectivity index (χ1n) is 9.95. The topological polar surface area (TPSA) is 62.5 Å². The molecule has 1 aliphatic heterocycles. The van der Waals surface area contributed by atoms with Crippen molar-refractivity contribution in [3.8, 4) is 10.6 Å². The van der Waals surface area contributed by atoms with Crippen LogP contribution < -0.4 is 5.73 Å². The molecule has 1 aromatic heterocycles. The first-order chi connectivity index (χ1) is 13.2.